The minimum atomic E-state index is -0.0870. The quantitative estimate of drug-likeness (QED) is 0.580. The maximum absolute atomic E-state index is 11.8. The van der Waals surface area contributed by atoms with Crippen LogP contribution in [0.25, 0.3) is 0 Å². The summed E-state index contributed by atoms with van der Waals surface area (Å²) < 4.78 is 0. The van der Waals surface area contributed by atoms with Crippen molar-refractivity contribution in [1.29, 1.82) is 0 Å². The van der Waals surface area contributed by atoms with E-state index in [1.807, 2.05) is 6.92 Å². The van der Waals surface area contributed by atoms with Crippen molar-refractivity contribution in [1.82, 2.24) is 4.90 Å². The SMILES string of the molecule is C#CCN(C)C(=O)c1ccc(N)c(C)c1. The molecule has 1 amide bonds. The van der Waals surface area contributed by atoms with E-state index < -0.39 is 0 Å². The van der Waals surface area contributed by atoms with Gasteiger partial charge in [0.05, 0.1) is 6.54 Å². The molecule has 3 heteroatoms. The summed E-state index contributed by atoms with van der Waals surface area (Å²) in [5.74, 6) is 2.34. The zero-order valence-electron chi connectivity index (χ0n) is 8.95. The maximum atomic E-state index is 11.8. The van der Waals surface area contributed by atoms with Crippen LogP contribution in [0.3, 0.4) is 0 Å². The second-order valence-electron chi connectivity index (χ2n) is 3.44. The van der Waals surface area contributed by atoms with E-state index in [-0.39, 0.29) is 5.91 Å². The summed E-state index contributed by atoms with van der Waals surface area (Å²) in [6.45, 7) is 2.18. The molecule has 0 bridgehead atoms. The summed E-state index contributed by atoms with van der Waals surface area (Å²) in [5.41, 5.74) is 7.86. The number of hydrogen-bond donors (Lipinski definition) is 1. The Labute approximate surface area is 89.9 Å². The fourth-order valence-electron chi connectivity index (χ4n) is 1.24. The van der Waals surface area contributed by atoms with Gasteiger partial charge < -0.3 is 10.6 Å². The van der Waals surface area contributed by atoms with Crippen molar-refractivity contribution in [3.05, 3.63) is 29.3 Å². The lowest BCUT2D eigenvalue weighted by Gasteiger charge is -2.14. The van der Waals surface area contributed by atoms with Crippen molar-refractivity contribution >= 4 is 11.6 Å². The number of nitrogens with two attached hydrogens (primary N) is 1. The lowest BCUT2D eigenvalue weighted by molar-refractivity contribution is 0.0812. The van der Waals surface area contributed by atoms with Crippen LogP contribution in [0.4, 0.5) is 5.69 Å². The van der Waals surface area contributed by atoms with Crippen molar-refractivity contribution in [3.63, 3.8) is 0 Å². The van der Waals surface area contributed by atoms with Crippen molar-refractivity contribution < 1.29 is 4.79 Å². The van der Waals surface area contributed by atoms with E-state index in [1.165, 1.54) is 4.90 Å². The summed E-state index contributed by atoms with van der Waals surface area (Å²) in [6, 6.07) is 5.20. The lowest BCUT2D eigenvalue weighted by atomic mass is 10.1. The molecule has 0 aliphatic rings. The van der Waals surface area contributed by atoms with E-state index in [0.29, 0.717) is 17.8 Å². The molecule has 0 aromatic heterocycles. The minimum Gasteiger partial charge on any atom is -0.399 e. The molecule has 0 heterocycles. The first-order chi connectivity index (χ1) is 7.06. The van der Waals surface area contributed by atoms with Gasteiger partial charge in [-0.05, 0) is 30.7 Å². The molecule has 78 valence electrons. The predicted molar refractivity (Wildman–Crippen MR) is 61.4 cm³/mol. The zero-order chi connectivity index (χ0) is 11.4. The molecule has 15 heavy (non-hydrogen) atoms. The van der Waals surface area contributed by atoms with Crippen molar-refractivity contribution in [2.45, 2.75) is 6.92 Å². The van der Waals surface area contributed by atoms with Crippen molar-refractivity contribution in [3.8, 4) is 12.3 Å². The molecule has 0 aliphatic carbocycles. The predicted octanol–water partition coefficient (Wildman–Crippen LogP) is 1.28. The number of terminal acetylenes is 1. The summed E-state index contributed by atoms with van der Waals surface area (Å²) in [4.78, 5) is 13.3. The normalized spacial score (nSPS) is 9.40. The number of rotatable bonds is 2. The van der Waals surface area contributed by atoms with Crippen molar-refractivity contribution in [2.24, 2.45) is 0 Å². The molecule has 0 aliphatic heterocycles. The molecule has 0 saturated carbocycles. The first-order valence-electron chi connectivity index (χ1n) is 4.61. The third kappa shape index (κ3) is 2.50. The van der Waals surface area contributed by atoms with Crippen LogP contribution in [0.15, 0.2) is 18.2 Å². The Morgan fingerprint density at radius 1 is 1.60 bits per heavy atom. The first-order valence-corrected chi connectivity index (χ1v) is 4.61. The van der Waals surface area contributed by atoms with Crippen LogP contribution >= 0.6 is 0 Å². The van der Waals surface area contributed by atoms with Crippen LogP contribution in [0.2, 0.25) is 0 Å². The summed E-state index contributed by atoms with van der Waals surface area (Å²) in [5, 5.41) is 0. The Balaban J connectivity index is 2.93. The molecular formula is C12H14N2O. The summed E-state index contributed by atoms with van der Waals surface area (Å²) in [7, 11) is 1.67. The second kappa shape index (κ2) is 4.52. The fourth-order valence-corrected chi connectivity index (χ4v) is 1.24. The van der Waals surface area contributed by atoms with E-state index in [1.54, 1.807) is 25.2 Å². The van der Waals surface area contributed by atoms with E-state index in [9.17, 15) is 4.79 Å². The number of amides is 1. The Morgan fingerprint density at radius 2 is 2.27 bits per heavy atom. The maximum Gasteiger partial charge on any atom is 0.254 e. The van der Waals surface area contributed by atoms with Gasteiger partial charge in [0.2, 0.25) is 0 Å². The Hall–Kier alpha value is -1.95. The number of carbonyl (C=O) groups is 1. The molecule has 0 atom stereocenters. The van der Waals surface area contributed by atoms with Gasteiger partial charge >= 0.3 is 0 Å². The van der Waals surface area contributed by atoms with Crippen LogP contribution in [0, 0.1) is 19.3 Å². The molecule has 0 unspecified atom stereocenters. The first kappa shape index (κ1) is 11.1. The molecule has 1 rings (SSSR count). The monoisotopic (exact) mass is 202 g/mol. The Morgan fingerprint density at radius 3 is 2.80 bits per heavy atom. The van der Waals surface area contributed by atoms with Gasteiger partial charge in [0.15, 0.2) is 0 Å². The molecule has 2 N–H and O–H groups in total. The van der Waals surface area contributed by atoms with Crippen LogP contribution in [-0.2, 0) is 0 Å². The second-order valence-corrected chi connectivity index (χ2v) is 3.44. The number of nitrogens with zero attached hydrogens (tertiary/aromatic N) is 1. The van der Waals surface area contributed by atoms with E-state index in [2.05, 4.69) is 5.92 Å². The topological polar surface area (TPSA) is 46.3 Å². The van der Waals surface area contributed by atoms with Crippen LogP contribution < -0.4 is 5.73 Å². The Kier molecular flexibility index (Phi) is 3.35. The van der Waals surface area contributed by atoms with Crippen molar-refractivity contribution in [2.75, 3.05) is 19.3 Å². The number of aryl methyl sites for hydroxylation is 1. The molecule has 1 aromatic carbocycles. The van der Waals surface area contributed by atoms with Gasteiger partial charge in [-0.2, -0.15) is 0 Å². The smallest absolute Gasteiger partial charge is 0.254 e. The molecule has 0 saturated heterocycles. The van der Waals surface area contributed by atoms with Gasteiger partial charge in [-0.25, -0.2) is 0 Å². The van der Waals surface area contributed by atoms with E-state index in [0.717, 1.165) is 5.56 Å². The summed E-state index contributed by atoms with van der Waals surface area (Å²) in [6.07, 6.45) is 5.14. The van der Waals surface area contributed by atoms with E-state index >= 15 is 0 Å². The lowest BCUT2D eigenvalue weighted by Crippen LogP contribution is -2.27. The molecule has 0 spiro atoms. The summed E-state index contributed by atoms with van der Waals surface area (Å²) >= 11 is 0. The van der Waals surface area contributed by atoms with E-state index in [4.69, 9.17) is 12.2 Å². The largest absolute Gasteiger partial charge is 0.399 e. The fraction of sp³-hybridized carbons (Fsp3) is 0.250. The third-order valence-corrected chi connectivity index (χ3v) is 2.19. The molecular weight excluding hydrogens is 188 g/mol. The number of hydrogen-bond acceptors (Lipinski definition) is 2. The molecule has 0 radical (unpaired) electrons. The highest BCUT2D eigenvalue weighted by Gasteiger charge is 2.10. The van der Waals surface area contributed by atoms with Gasteiger partial charge in [-0.15, -0.1) is 6.42 Å². The van der Waals surface area contributed by atoms with Gasteiger partial charge in [-0.1, -0.05) is 5.92 Å². The average molecular weight is 202 g/mol. The number of benzene rings is 1. The van der Waals surface area contributed by atoms with Gasteiger partial charge in [0.25, 0.3) is 5.91 Å². The highest BCUT2D eigenvalue weighted by molar-refractivity contribution is 5.94. The van der Waals surface area contributed by atoms with Crippen LogP contribution in [-0.4, -0.2) is 24.4 Å². The standard InChI is InChI=1S/C12H14N2O/c1-4-7-14(3)12(15)10-5-6-11(13)9(2)8-10/h1,5-6,8H,7,13H2,2-3H3. The van der Waals surface area contributed by atoms with Crippen LogP contribution in [0.5, 0.6) is 0 Å². The van der Waals surface area contributed by atoms with Gasteiger partial charge in [0, 0.05) is 18.3 Å². The highest BCUT2D eigenvalue weighted by atomic mass is 16.2. The van der Waals surface area contributed by atoms with Gasteiger partial charge in [0.1, 0.15) is 0 Å². The number of carbonyl (C=O) groups excluding carboxylic acids is 1. The number of anilines is 1. The number of nitrogen functional groups attached to an aromatic ring is 1. The van der Waals surface area contributed by atoms with Crippen LogP contribution in [0.1, 0.15) is 15.9 Å². The Bertz CT molecular complexity index is 418. The molecule has 1 aromatic rings. The molecule has 3 nitrogen and oxygen atoms in total. The third-order valence-electron chi connectivity index (χ3n) is 2.19. The highest BCUT2D eigenvalue weighted by Crippen LogP contribution is 2.13. The van der Waals surface area contributed by atoms with Gasteiger partial charge in [-0.3, -0.25) is 4.79 Å². The minimum absolute atomic E-state index is 0.0870. The molecule has 0 fully saturated rings. The average Bonchev–Trinajstić information content (AvgIpc) is 2.21. The zero-order valence-corrected chi connectivity index (χ0v) is 8.95.